The first-order valence-corrected chi connectivity index (χ1v) is 11.4. The molecule has 0 radical (unpaired) electrons. The molecule has 1 amide bonds. The molecule has 0 spiro atoms. The summed E-state index contributed by atoms with van der Waals surface area (Å²) in [4.78, 5) is 14.3. The van der Waals surface area contributed by atoms with Gasteiger partial charge in [-0.25, -0.2) is 4.79 Å². The van der Waals surface area contributed by atoms with Crippen LogP contribution in [0.1, 0.15) is 44.7 Å². The fraction of sp³-hybridized carbons (Fsp3) is 0.357. The minimum atomic E-state index is -0.407. The average molecular weight is 445 g/mol. The Labute approximate surface area is 196 Å². The van der Waals surface area contributed by atoms with E-state index in [1.54, 1.807) is 4.90 Å². The molecule has 3 aromatic rings. The lowest BCUT2D eigenvalue weighted by Gasteiger charge is -2.34. The molecule has 0 aromatic heterocycles. The fourth-order valence-corrected chi connectivity index (χ4v) is 3.59. The van der Waals surface area contributed by atoms with Crippen LogP contribution in [-0.4, -0.2) is 29.7 Å². The van der Waals surface area contributed by atoms with Crippen molar-refractivity contribution >= 4 is 16.9 Å². The van der Waals surface area contributed by atoms with Crippen molar-refractivity contribution in [2.75, 3.05) is 13.2 Å². The van der Waals surface area contributed by atoms with Crippen LogP contribution in [0.15, 0.2) is 66.7 Å². The van der Waals surface area contributed by atoms with Crippen molar-refractivity contribution in [3.8, 4) is 11.8 Å². The van der Waals surface area contributed by atoms with Gasteiger partial charge in [0.1, 0.15) is 12.4 Å². The zero-order valence-electron chi connectivity index (χ0n) is 19.7. The van der Waals surface area contributed by atoms with Gasteiger partial charge >= 0.3 is 6.09 Å². The van der Waals surface area contributed by atoms with E-state index in [-0.39, 0.29) is 13.0 Å². The number of carbonyl (C=O) groups is 1. The molecule has 0 aliphatic heterocycles. The molecule has 3 rings (SSSR count). The summed E-state index contributed by atoms with van der Waals surface area (Å²) in [6, 6.07) is 24.7. The highest BCUT2D eigenvalue weighted by Crippen LogP contribution is 2.25. The Morgan fingerprint density at radius 1 is 0.939 bits per heavy atom. The third-order valence-corrected chi connectivity index (χ3v) is 5.41. The van der Waals surface area contributed by atoms with Crippen molar-refractivity contribution in [1.29, 1.82) is 5.26 Å². The summed E-state index contributed by atoms with van der Waals surface area (Å²) in [6.07, 6.45) is 1.75. The Morgan fingerprint density at radius 2 is 1.67 bits per heavy atom. The number of ether oxygens (including phenoxy) is 2. The van der Waals surface area contributed by atoms with Crippen LogP contribution in [0, 0.1) is 11.3 Å². The van der Waals surface area contributed by atoms with E-state index < -0.39 is 11.6 Å². The number of benzene rings is 3. The van der Waals surface area contributed by atoms with Gasteiger partial charge < -0.3 is 9.47 Å². The highest BCUT2D eigenvalue weighted by atomic mass is 16.6. The minimum Gasteiger partial charge on any atom is -0.494 e. The van der Waals surface area contributed by atoms with E-state index >= 15 is 0 Å². The molecule has 3 aromatic carbocycles. The van der Waals surface area contributed by atoms with Gasteiger partial charge in [-0.05, 0) is 73.7 Å². The predicted molar refractivity (Wildman–Crippen MR) is 131 cm³/mol. The quantitative estimate of drug-likeness (QED) is 0.353. The second-order valence-corrected chi connectivity index (χ2v) is 9.06. The highest BCUT2D eigenvalue weighted by Gasteiger charge is 2.27. The largest absolute Gasteiger partial charge is 0.494 e. The number of aryl methyl sites for hydroxylation is 1. The highest BCUT2D eigenvalue weighted by molar-refractivity contribution is 5.84. The molecular weight excluding hydrogens is 412 g/mol. The molecule has 0 N–H and O–H groups in total. The molecule has 5 nitrogen and oxygen atoms in total. The monoisotopic (exact) mass is 444 g/mol. The molecule has 0 bridgehead atoms. The number of rotatable bonds is 9. The van der Waals surface area contributed by atoms with Crippen LogP contribution in [0.3, 0.4) is 0 Å². The molecule has 0 saturated carbocycles. The number of carbonyl (C=O) groups excluding carboxylic acids is 1. The molecule has 0 aliphatic rings. The van der Waals surface area contributed by atoms with E-state index in [0.29, 0.717) is 13.2 Å². The van der Waals surface area contributed by atoms with Gasteiger partial charge in [0.25, 0.3) is 0 Å². The Bertz CT molecular complexity index is 1100. The molecule has 0 saturated heterocycles. The van der Waals surface area contributed by atoms with E-state index in [1.807, 2.05) is 45.0 Å². The minimum absolute atomic E-state index is 0.105. The topological polar surface area (TPSA) is 62.6 Å². The number of fused-ring (bicyclic) bond motifs is 1. The number of nitriles is 1. The van der Waals surface area contributed by atoms with Crippen LogP contribution in [0.5, 0.6) is 5.75 Å². The zero-order chi connectivity index (χ0) is 23.7. The smallest absolute Gasteiger partial charge is 0.410 e. The molecule has 5 heteroatoms. The predicted octanol–water partition coefficient (Wildman–Crippen LogP) is 6.50. The van der Waals surface area contributed by atoms with Crippen molar-refractivity contribution in [1.82, 2.24) is 4.90 Å². The summed E-state index contributed by atoms with van der Waals surface area (Å²) in [7, 11) is 0. The van der Waals surface area contributed by atoms with Gasteiger partial charge in [-0.3, -0.25) is 4.90 Å². The molecule has 0 fully saturated rings. The summed E-state index contributed by atoms with van der Waals surface area (Å²) in [5, 5.41) is 10.9. The van der Waals surface area contributed by atoms with Gasteiger partial charge in [0.15, 0.2) is 0 Å². The van der Waals surface area contributed by atoms with Crippen molar-refractivity contribution in [2.45, 2.75) is 52.1 Å². The number of nitrogens with zero attached hydrogens (tertiary/aromatic N) is 2. The van der Waals surface area contributed by atoms with E-state index in [2.05, 4.69) is 48.5 Å². The summed E-state index contributed by atoms with van der Waals surface area (Å²) >= 11 is 0. The summed E-state index contributed by atoms with van der Waals surface area (Å²) < 4.78 is 11.2. The zero-order valence-corrected chi connectivity index (χ0v) is 19.7. The van der Waals surface area contributed by atoms with Gasteiger partial charge in [0.05, 0.1) is 19.1 Å². The summed E-state index contributed by atoms with van der Waals surface area (Å²) in [5.74, 6) is 0.862. The first kappa shape index (κ1) is 24.1. The van der Waals surface area contributed by atoms with Gasteiger partial charge in [-0.15, -0.1) is 0 Å². The number of hydrogen-bond acceptors (Lipinski definition) is 4. The normalized spacial score (nSPS) is 11.1. The second-order valence-electron chi connectivity index (χ2n) is 9.06. The van der Waals surface area contributed by atoms with Crippen LogP contribution < -0.4 is 4.74 Å². The van der Waals surface area contributed by atoms with Crippen LogP contribution >= 0.6 is 0 Å². The lowest BCUT2D eigenvalue weighted by Crippen LogP contribution is -2.45. The fourth-order valence-electron chi connectivity index (χ4n) is 3.59. The third-order valence-electron chi connectivity index (χ3n) is 5.41. The SMILES string of the molecule is CC(C)(C)N(Cc1ccc2cc(OCCCc3ccccc3)ccc2c1)C(=O)OCCC#N. The summed E-state index contributed by atoms with van der Waals surface area (Å²) in [6.45, 7) is 7.13. The second kappa shape index (κ2) is 11.4. The lowest BCUT2D eigenvalue weighted by molar-refractivity contribution is 0.0651. The Kier molecular flexibility index (Phi) is 8.32. The standard InChI is InChI=1S/C28H32N2O3/c1-28(2,3)30(27(31)33-18-8-16-29)21-23-12-13-25-20-26(15-14-24(25)19-23)32-17-7-11-22-9-5-4-6-10-22/h4-6,9-10,12-15,19-20H,7-8,11,17-18,21H2,1-3H3. The Morgan fingerprint density at radius 3 is 2.39 bits per heavy atom. The van der Waals surface area contributed by atoms with Gasteiger partial charge in [0.2, 0.25) is 0 Å². The lowest BCUT2D eigenvalue weighted by atomic mass is 10.0. The molecule has 33 heavy (non-hydrogen) atoms. The van der Waals surface area contributed by atoms with Crippen molar-refractivity contribution in [3.05, 3.63) is 77.9 Å². The first-order chi connectivity index (χ1) is 15.9. The first-order valence-electron chi connectivity index (χ1n) is 11.4. The van der Waals surface area contributed by atoms with Crippen LogP contribution in [-0.2, 0) is 17.7 Å². The van der Waals surface area contributed by atoms with E-state index in [4.69, 9.17) is 14.7 Å². The van der Waals surface area contributed by atoms with Gasteiger partial charge in [-0.1, -0.05) is 48.5 Å². The maximum Gasteiger partial charge on any atom is 0.410 e. The maximum atomic E-state index is 12.6. The summed E-state index contributed by atoms with van der Waals surface area (Å²) in [5.41, 5.74) is 1.94. The van der Waals surface area contributed by atoms with Gasteiger partial charge in [-0.2, -0.15) is 5.26 Å². The van der Waals surface area contributed by atoms with Crippen molar-refractivity contribution < 1.29 is 14.3 Å². The van der Waals surface area contributed by atoms with Crippen molar-refractivity contribution in [3.63, 3.8) is 0 Å². The number of amides is 1. The van der Waals surface area contributed by atoms with Crippen molar-refractivity contribution in [2.24, 2.45) is 0 Å². The molecule has 172 valence electrons. The van der Waals surface area contributed by atoms with Crippen LogP contribution in [0.4, 0.5) is 4.79 Å². The molecule has 0 unspecified atom stereocenters. The number of hydrogen-bond donors (Lipinski definition) is 0. The Balaban J connectivity index is 1.61. The molecule has 0 aliphatic carbocycles. The molecular formula is C28H32N2O3. The van der Waals surface area contributed by atoms with Crippen LogP contribution in [0.2, 0.25) is 0 Å². The third kappa shape index (κ3) is 7.25. The van der Waals surface area contributed by atoms with E-state index in [0.717, 1.165) is 34.9 Å². The maximum absolute atomic E-state index is 12.6. The Hall–Kier alpha value is -3.52. The molecule has 0 heterocycles. The van der Waals surface area contributed by atoms with E-state index in [1.165, 1.54) is 5.56 Å². The molecule has 0 atom stereocenters. The van der Waals surface area contributed by atoms with E-state index in [9.17, 15) is 4.79 Å². The average Bonchev–Trinajstić information content (AvgIpc) is 2.80. The van der Waals surface area contributed by atoms with Crippen LogP contribution in [0.25, 0.3) is 10.8 Å². The van der Waals surface area contributed by atoms with Gasteiger partial charge in [0, 0.05) is 12.1 Å².